The Kier molecular flexibility index (Phi) is 7.78. The summed E-state index contributed by atoms with van der Waals surface area (Å²) in [6.45, 7) is 2.47. The number of amides is 1. The molecule has 0 unspecified atom stereocenters. The molecule has 1 aromatic heterocycles. The zero-order valence-corrected chi connectivity index (χ0v) is 16.1. The number of hydrogen-bond acceptors (Lipinski definition) is 6. The van der Waals surface area contributed by atoms with Crippen molar-refractivity contribution in [1.82, 2.24) is 0 Å². The average molecular weight is 446 g/mol. The van der Waals surface area contributed by atoms with Crippen molar-refractivity contribution in [2.75, 3.05) is 36.5 Å². The molecule has 2 aromatic rings. The maximum absolute atomic E-state index is 12.1. The standard InChI is InChI=1S/C16H16N2O4S.C2HF3O2/c19-15(14-2-1-9-23-14)17-11-3-4-13(12(10-11)16(20)21)18-5-7-22-8-6-18;3-2(4,5)1(6)7/h1-4,9-10H,5-8H2,(H,17,19)(H,20,21);(H,6,7). The van der Waals surface area contributed by atoms with Gasteiger partial charge in [0.15, 0.2) is 0 Å². The van der Waals surface area contributed by atoms with Crippen molar-refractivity contribution < 1.29 is 42.5 Å². The van der Waals surface area contributed by atoms with Crippen LogP contribution in [-0.4, -0.2) is 60.5 Å². The Labute approximate surface area is 172 Å². The Balaban J connectivity index is 0.000000396. The van der Waals surface area contributed by atoms with Gasteiger partial charge in [0, 0.05) is 18.8 Å². The van der Waals surface area contributed by atoms with E-state index in [-0.39, 0.29) is 11.5 Å². The number of thiophene rings is 1. The van der Waals surface area contributed by atoms with Crippen molar-refractivity contribution in [3.05, 3.63) is 46.2 Å². The molecule has 0 bridgehead atoms. The van der Waals surface area contributed by atoms with E-state index in [0.29, 0.717) is 42.6 Å². The molecule has 0 saturated carbocycles. The number of carboxylic acids is 2. The summed E-state index contributed by atoms with van der Waals surface area (Å²) in [4.78, 5) is 35.1. The lowest BCUT2D eigenvalue weighted by Gasteiger charge is -2.30. The second kappa shape index (κ2) is 10.1. The molecule has 1 amide bonds. The van der Waals surface area contributed by atoms with Crippen molar-refractivity contribution in [2.24, 2.45) is 0 Å². The lowest BCUT2D eigenvalue weighted by Crippen LogP contribution is -2.37. The number of ether oxygens (including phenoxy) is 1. The molecule has 0 atom stereocenters. The maximum atomic E-state index is 12.1. The van der Waals surface area contributed by atoms with E-state index in [1.807, 2.05) is 10.3 Å². The first-order valence-electron chi connectivity index (χ1n) is 8.44. The zero-order chi connectivity index (χ0) is 22.3. The minimum atomic E-state index is -5.08. The number of rotatable bonds is 4. The van der Waals surface area contributed by atoms with Crippen LogP contribution < -0.4 is 10.2 Å². The number of aromatic carboxylic acids is 1. The second-order valence-electron chi connectivity index (χ2n) is 5.87. The number of benzene rings is 1. The van der Waals surface area contributed by atoms with Crippen LogP contribution in [0.15, 0.2) is 35.7 Å². The summed E-state index contributed by atoms with van der Waals surface area (Å²) in [6.07, 6.45) is -5.08. The molecule has 162 valence electrons. The Morgan fingerprint density at radius 2 is 1.73 bits per heavy atom. The quantitative estimate of drug-likeness (QED) is 0.661. The summed E-state index contributed by atoms with van der Waals surface area (Å²) in [5.74, 6) is -4.01. The fraction of sp³-hybridized carbons (Fsp3) is 0.278. The van der Waals surface area contributed by atoms with E-state index < -0.39 is 18.1 Å². The van der Waals surface area contributed by atoms with Gasteiger partial charge in [-0.25, -0.2) is 9.59 Å². The third kappa shape index (κ3) is 6.46. The predicted octanol–water partition coefficient (Wildman–Crippen LogP) is 3.17. The smallest absolute Gasteiger partial charge is 0.478 e. The Morgan fingerprint density at radius 3 is 2.23 bits per heavy atom. The van der Waals surface area contributed by atoms with E-state index in [9.17, 15) is 27.9 Å². The number of carboxylic acid groups (broad SMARTS) is 2. The number of aliphatic carboxylic acids is 1. The third-order valence-electron chi connectivity index (χ3n) is 3.82. The molecule has 0 radical (unpaired) electrons. The number of anilines is 2. The molecule has 2 heterocycles. The van der Waals surface area contributed by atoms with E-state index in [2.05, 4.69) is 5.32 Å². The minimum absolute atomic E-state index is 0.177. The highest BCUT2D eigenvalue weighted by Crippen LogP contribution is 2.26. The number of morpholine rings is 1. The van der Waals surface area contributed by atoms with E-state index >= 15 is 0 Å². The van der Waals surface area contributed by atoms with Crippen molar-refractivity contribution in [3.8, 4) is 0 Å². The number of carbonyl (C=O) groups is 3. The maximum Gasteiger partial charge on any atom is 0.490 e. The van der Waals surface area contributed by atoms with Crippen LogP contribution >= 0.6 is 11.3 Å². The van der Waals surface area contributed by atoms with Crippen molar-refractivity contribution in [3.63, 3.8) is 0 Å². The van der Waals surface area contributed by atoms with E-state index in [0.717, 1.165) is 0 Å². The molecule has 3 rings (SSSR count). The normalized spacial score (nSPS) is 13.8. The summed E-state index contributed by atoms with van der Waals surface area (Å²) >= 11 is 1.34. The molecule has 0 spiro atoms. The lowest BCUT2D eigenvalue weighted by atomic mass is 10.1. The van der Waals surface area contributed by atoms with Gasteiger partial charge in [-0.2, -0.15) is 13.2 Å². The van der Waals surface area contributed by atoms with Crippen LogP contribution in [0.1, 0.15) is 20.0 Å². The number of carbonyl (C=O) groups excluding carboxylic acids is 1. The number of nitrogens with one attached hydrogen (secondary N) is 1. The predicted molar refractivity (Wildman–Crippen MR) is 102 cm³/mol. The average Bonchev–Trinajstić information content (AvgIpc) is 3.23. The van der Waals surface area contributed by atoms with Gasteiger partial charge in [0.25, 0.3) is 5.91 Å². The van der Waals surface area contributed by atoms with Gasteiger partial charge in [-0.15, -0.1) is 11.3 Å². The van der Waals surface area contributed by atoms with Crippen LogP contribution in [0, 0.1) is 0 Å². The highest BCUT2D eigenvalue weighted by atomic mass is 32.1. The topological polar surface area (TPSA) is 116 Å². The van der Waals surface area contributed by atoms with Crippen molar-refractivity contribution >= 4 is 40.6 Å². The van der Waals surface area contributed by atoms with Gasteiger partial charge in [-0.1, -0.05) is 6.07 Å². The van der Waals surface area contributed by atoms with Crippen LogP contribution in [0.4, 0.5) is 24.5 Å². The van der Waals surface area contributed by atoms with Crippen molar-refractivity contribution in [2.45, 2.75) is 6.18 Å². The molecule has 1 fully saturated rings. The molecule has 1 saturated heterocycles. The molecule has 8 nitrogen and oxygen atoms in total. The molecule has 1 aromatic carbocycles. The molecular weight excluding hydrogens is 429 g/mol. The zero-order valence-electron chi connectivity index (χ0n) is 15.3. The molecule has 3 N–H and O–H groups in total. The summed E-state index contributed by atoms with van der Waals surface area (Å²) in [5, 5.41) is 21.1. The van der Waals surface area contributed by atoms with Gasteiger partial charge in [-0.3, -0.25) is 4.79 Å². The largest absolute Gasteiger partial charge is 0.490 e. The third-order valence-corrected chi connectivity index (χ3v) is 4.69. The molecule has 1 aliphatic heterocycles. The fourth-order valence-electron chi connectivity index (χ4n) is 2.47. The summed E-state index contributed by atoms with van der Waals surface area (Å²) in [6, 6.07) is 8.48. The monoisotopic (exact) mass is 446 g/mol. The van der Waals surface area contributed by atoms with E-state index in [1.165, 1.54) is 17.4 Å². The Hall–Kier alpha value is -3.12. The summed E-state index contributed by atoms with van der Waals surface area (Å²) in [7, 11) is 0. The Morgan fingerprint density at radius 1 is 1.10 bits per heavy atom. The van der Waals surface area contributed by atoms with Gasteiger partial charge in [-0.05, 0) is 29.6 Å². The van der Waals surface area contributed by atoms with Gasteiger partial charge in [0.05, 0.1) is 29.3 Å². The van der Waals surface area contributed by atoms with Crippen LogP contribution in [0.2, 0.25) is 0 Å². The Bertz CT molecular complexity index is 896. The number of nitrogens with zero attached hydrogens (tertiary/aromatic N) is 1. The first kappa shape index (κ1) is 23.2. The number of alkyl halides is 3. The highest BCUT2D eigenvalue weighted by Gasteiger charge is 2.38. The molecular formula is C18H17F3N2O6S. The van der Waals surface area contributed by atoms with Gasteiger partial charge in [0.1, 0.15) is 0 Å². The molecule has 0 aliphatic carbocycles. The summed E-state index contributed by atoms with van der Waals surface area (Å²) in [5.41, 5.74) is 1.30. The van der Waals surface area contributed by atoms with Gasteiger partial charge in [0.2, 0.25) is 0 Å². The first-order valence-corrected chi connectivity index (χ1v) is 9.32. The lowest BCUT2D eigenvalue weighted by molar-refractivity contribution is -0.192. The van der Waals surface area contributed by atoms with Crippen LogP contribution in [-0.2, 0) is 9.53 Å². The van der Waals surface area contributed by atoms with E-state index in [4.69, 9.17) is 14.6 Å². The van der Waals surface area contributed by atoms with Crippen LogP contribution in [0.3, 0.4) is 0 Å². The molecule has 30 heavy (non-hydrogen) atoms. The van der Waals surface area contributed by atoms with Crippen molar-refractivity contribution in [1.29, 1.82) is 0 Å². The van der Waals surface area contributed by atoms with Gasteiger partial charge >= 0.3 is 18.1 Å². The van der Waals surface area contributed by atoms with E-state index in [1.54, 1.807) is 24.3 Å². The molecule has 12 heteroatoms. The number of hydrogen-bond donors (Lipinski definition) is 3. The fourth-order valence-corrected chi connectivity index (χ4v) is 3.08. The molecule has 1 aliphatic rings. The summed E-state index contributed by atoms with van der Waals surface area (Å²) < 4.78 is 37.0. The van der Waals surface area contributed by atoms with Gasteiger partial charge < -0.3 is 25.2 Å². The first-order chi connectivity index (χ1) is 14.1. The highest BCUT2D eigenvalue weighted by molar-refractivity contribution is 7.12. The van der Waals surface area contributed by atoms with Crippen LogP contribution in [0.5, 0.6) is 0 Å². The second-order valence-corrected chi connectivity index (χ2v) is 6.82. The SMILES string of the molecule is O=C(Nc1ccc(N2CCOCC2)c(C(=O)O)c1)c1cccs1.O=C(O)C(F)(F)F. The van der Waals surface area contributed by atoms with Crippen LogP contribution in [0.25, 0.3) is 0 Å². The number of halogens is 3. The minimum Gasteiger partial charge on any atom is -0.478 e.